The molecule has 3 heteroatoms. The van der Waals surface area contributed by atoms with Crippen LogP contribution in [-0.2, 0) is 6.61 Å². The van der Waals surface area contributed by atoms with E-state index < -0.39 is 0 Å². The van der Waals surface area contributed by atoms with Crippen molar-refractivity contribution in [2.75, 3.05) is 6.61 Å². The number of rotatable bonds is 10. The van der Waals surface area contributed by atoms with Gasteiger partial charge < -0.3 is 9.84 Å². The molecule has 0 aromatic heterocycles. The van der Waals surface area contributed by atoms with Crippen LogP contribution in [0.1, 0.15) is 57.4 Å². The van der Waals surface area contributed by atoms with Gasteiger partial charge in [-0.15, -0.1) is 0 Å². The van der Waals surface area contributed by atoms with Crippen LogP contribution in [0.4, 0.5) is 4.39 Å². The molecule has 0 aliphatic heterocycles. The van der Waals surface area contributed by atoms with Crippen LogP contribution in [0, 0.1) is 5.82 Å². The van der Waals surface area contributed by atoms with Crippen LogP contribution < -0.4 is 4.74 Å². The van der Waals surface area contributed by atoms with Crippen LogP contribution in [0.3, 0.4) is 0 Å². The highest BCUT2D eigenvalue weighted by atomic mass is 19.1. The lowest BCUT2D eigenvalue weighted by Crippen LogP contribution is -2.01. The molecule has 0 heterocycles. The Bertz CT molecular complexity index is 353. The number of hydrogen-bond acceptors (Lipinski definition) is 2. The van der Waals surface area contributed by atoms with Gasteiger partial charge in [-0.2, -0.15) is 0 Å². The fraction of sp³-hybridized carbons (Fsp3) is 0.625. The van der Waals surface area contributed by atoms with Gasteiger partial charge in [-0.3, -0.25) is 0 Å². The van der Waals surface area contributed by atoms with Gasteiger partial charge in [0.2, 0.25) is 0 Å². The standard InChI is InChI=1S/C16H25FO2/c1-2-3-4-5-6-7-8-11-19-16-10-9-15(17)12-14(16)13-18/h9-10,12,18H,2-8,11,13H2,1H3. The van der Waals surface area contributed by atoms with Crippen molar-refractivity contribution in [3.05, 3.63) is 29.6 Å². The highest BCUT2D eigenvalue weighted by molar-refractivity contribution is 5.33. The number of unbranched alkanes of at least 4 members (excludes halogenated alkanes) is 6. The second-order valence-electron chi connectivity index (χ2n) is 4.88. The number of benzene rings is 1. The zero-order valence-corrected chi connectivity index (χ0v) is 11.8. The second-order valence-corrected chi connectivity index (χ2v) is 4.88. The Balaban J connectivity index is 2.15. The molecule has 0 unspecified atom stereocenters. The molecule has 1 rings (SSSR count). The largest absolute Gasteiger partial charge is 0.493 e. The first-order valence-electron chi connectivity index (χ1n) is 7.30. The lowest BCUT2D eigenvalue weighted by molar-refractivity contribution is 0.259. The highest BCUT2D eigenvalue weighted by Gasteiger charge is 2.04. The fourth-order valence-corrected chi connectivity index (χ4v) is 2.05. The van der Waals surface area contributed by atoms with Crippen LogP contribution in [-0.4, -0.2) is 11.7 Å². The van der Waals surface area contributed by atoms with Gasteiger partial charge in [0, 0.05) is 5.56 Å². The van der Waals surface area contributed by atoms with E-state index >= 15 is 0 Å². The second kappa shape index (κ2) is 9.79. The quantitative estimate of drug-likeness (QED) is 0.635. The Hall–Kier alpha value is -1.09. The first-order chi connectivity index (χ1) is 9.27. The third-order valence-corrected chi connectivity index (χ3v) is 3.20. The molecule has 0 amide bonds. The van der Waals surface area contributed by atoms with E-state index in [9.17, 15) is 4.39 Å². The van der Waals surface area contributed by atoms with Gasteiger partial charge in [0.1, 0.15) is 11.6 Å². The molecule has 0 radical (unpaired) electrons. The molecular weight excluding hydrogens is 243 g/mol. The van der Waals surface area contributed by atoms with E-state index in [0.717, 1.165) is 6.42 Å². The molecule has 1 aromatic carbocycles. The van der Waals surface area contributed by atoms with E-state index in [-0.39, 0.29) is 12.4 Å². The molecule has 0 bridgehead atoms. The van der Waals surface area contributed by atoms with Crippen LogP contribution in [0.5, 0.6) is 5.75 Å². The van der Waals surface area contributed by atoms with Crippen molar-refractivity contribution in [1.29, 1.82) is 0 Å². The zero-order valence-electron chi connectivity index (χ0n) is 11.8. The number of aliphatic hydroxyl groups is 1. The monoisotopic (exact) mass is 268 g/mol. The summed E-state index contributed by atoms with van der Waals surface area (Å²) in [6.07, 6.45) is 8.65. The van der Waals surface area contributed by atoms with Crippen molar-refractivity contribution in [2.45, 2.75) is 58.5 Å². The van der Waals surface area contributed by atoms with Crippen LogP contribution in [0.2, 0.25) is 0 Å². The maximum Gasteiger partial charge on any atom is 0.125 e. The van der Waals surface area contributed by atoms with E-state index in [1.165, 1.54) is 50.7 Å². The molecule has 0 atom stereocenters. The molecule has 108 valence electrons. The van der Waals surface area contributed by atoms with Crippen molar-refractivity contribution < 1.29 is 14.2 Å². The van der Waals surface area contributed by atoms with Crippen molar-refractivity contribution in [1.82, 2.24) is 0 Å². The number of aliphatic hydroxyl groups excluding tert-OH is 1. The van der Waals surface area contributed by atoms with Gasteiger partial charge in [0.05, 0.1) is 13.2 Å². The van der Waals surface area contributed by atoms with Crippen molar-refractivity contribution >= 4 is 0 Å². The maximum atomic E-state index is 13.0. The molecule has 0 saturated heterocycles. The Morgan fingerprint density at radius 3 is 2.42 bits per heavy atom. The van der Waals surface area contributed by atoms with Gasteiger partial charge in [-0.1, -0.05) is 45.4 Å². The molecule has 0 aliphatic rings. The summed E-state index contributed by atoms with van der Waals surface area (Å²) in [7, 11) is 0. The van der Waals surface area contributed by atoms with Crippen LogP contribution in [0.15, 0.2) is 18.2 Å². The summed E-state index contributed by atoms with van der Waals surface area (Å²) < 4.78 is 18.5. The molecule has 0 spiro atoms. The molecule has 0 fully saturated rings. The molecule has 2 nitrogen and oxygen atoms in total. The van der Waals surface area contributed by atoms with Crippen LogP contribution >= 0.6 is 0 Å². The fourth-order valence-electron chi connectivity index (χ4n) is 2.05. The van der Waals surface area contributed by atoms with Gasteiger partial charge >= 0.3 is 0 Å². The lowest BCUT2D eigenvalue weighted by Gasteiger charge is -2.10. The van der Waals surface area contributed by atoms with E-state index in [2.05, 4.69) is 6.92 Å². The summed E-state index contributed by atoms with van der Waals surface area (Å²) in [5.41, 5.74) is 0.517. The first-order valence-corrected chi connectivity index (χ1v) is 7.30. The Labute approximate surface area is 115 Å². The molecule has 0 aliphatic carbocycles. The third-order valence-electron chi connectivity index (χ3n) is 3.20. The molecule has 1 aromatic rings. The summed E-state index contributed by atoms with van der Waals surface area (Å²) in [6.45, 7) is 2.66. The SMILES string of the molecule is CCCCCCCCCOc1ccc(F)cc1CO. The topological polar surface area (TPSA) is 29.5 Å². The van der Waals surface area contributed by atoms with E-state index in [1.54, 1.807) is 6.07 Å². The summed E-state index contributed by atoms with van der Waals surface area (Å²) >= 11 is 0. The van der Waals surface area contributed by atoms with E-state index in [0.29, 0.717) is 17.9 Å². The van der Waals surface area contributed by atoms with Gasteiger partial charge in [0.25, 0.3) is 0 Å². The van der Waals surface area contributed by atoms with E-state index in [1.807, 2.05) is 0 Å². The first kappa shape index (κ1) is 16.0. The smallest absolute Gasteiger partial charge is 0.125 e. The van der Waals surface area contributed by atoms with Gasteiger partial charge in [-0.05, 0) is 24.6 Å². The molecular formula is C16H25FO2. The number of halogens is 1. The van der Waals surface area contributed by atoms with Gasteiger partial charge in [0.15, 0.2) is 0 Å². The van der Waals surface area contributed by atoms with Crippen molar-refractivity contribution in [2.24, 2.45) is 0 Å². The zero-order chi connectivity index (χ0) is 13.9. The normalized spacial score (nSPS) is 10.7. The third kappa shape index (κ3) is 6.58. The number of ether oxygens (including phenoxy) is 1. The minimum Gasteiger partial charge on any atom is -0.493 e. The Kier molecular flexibility index (Phi) is 8.23. The van der Waals surface area contributed by atoms with Crippen LogP contribution in [0.25, 0.3) is 0 Å². The molecule has 0 saturated carbocycles. The molecule has 1 N–H and O–H groups in total. The van der Waals surface area contributed by atoms with Crippen molar-refractivity contribution in [3.8, 4) is 5.75 Å². The van der Waals surface area contributed by atoms with E-state index in [4.69, 9.17) is 9.84 Å². The average molecular weight is 268 g/mol. The summed E-state index contributed by atoms with van der Waals surface area (Å²) in [6, 6.07) is 4.27. The summed E-state index contributed by atoms with van der Waals surface area (Å²) in [5, 5.41) is 9.12. The lowest BCUT2D eigenvalue weighted by atomic mass is 10.1. The average Bonchev–Trinajstić information content (AvgIpc) is 2.43. The Morgan fingerprint density at radius 1 is 1.05 bits per heavy atom. The predicted octanol–water partition coefficient (Wildman–Crippen LogP) is 4.45. The summed E-state index contributed by atoms with van der Waals surface area (Å²) in [4.78, 5) is 0. The Morgan fingerprint density at radius 2 is 1.74 bits per heavy atom. The van der Waals surface area contributed by atoms with Crippen molar-refractivity contribution in [3.63, 3.8) is 0 Å². The number of hydrogen-bond donors (Lipinski definition) is 1. The highest BCUT2D eigenvalue weighted by Crippen LogP contribution is 2.20. The molecule has 19 heavy (non-hydrogen) atoms. The predicted molar refractivity (Wildman–Crippen MR) is 75.8 cm³/mol. The summed E-state index contributed by atoms with van der Waals surface area (Å²) in [5.74, 6) is 0.252. The van der Waals surface area contributed by atoms with Gasteiger partial charge in [-0.25, -0.2) is 4.39 Å². The maximum absolute atomic E-state index is 13.0. The minimum atomic E-state index is -0.340. The minimum absolute atomic E-state index is 0.190.